The average molecular weight is 212 g/mol. The third-order valence-corrected chi connectivity index (χ3v) is 2.21. The highest BCUT2D eigenvalue weighted by molar-refractivity contribution is 5.81. The first-order valence-electron chi connectivity index (χ1n) is 5.65. The van der Waals surface area contributed by atoms with Gasteiger partial charge in [-0.05, 0) is 27.2 Å². The normalized spacial score (nSPS) is 14.4. The molecule has 0 fully saturated rings. The Bertz CT molecular complexity index is 214. The van der Waals surface area contributed by atoms with Gasteiger partial charge >= 0.3 is 0 Å². The number of hydrogen-bond acceptors (Lipinski definition) is 2. The number of amides is 1. The SMILES string of the molecule is C=C(C)CNC(C)C(=O)NC(C)CCC. The second kappa shape index (κ2) is 7.46. The van der Waals surface area contributed by atoms with Crippen LogP contribution in [0.25, 0.3) is 0 Å². The molecule has 0 saturated heterocycles. The third kappa shape index (κ3) is 7.14. The zero-order valence-corrected chi connectivity index (χ0v) is 10.4. The van der Waals surface area contributed by atoms with E-state index in [4.69, 9.17) is 0 Å². The number of carbonyl (C=O) groups excluding carboxylic acids is 1. The standard InChI is InChI=1S/C12H24N2O/c1-6-7-10(4)14-12(15)11(5)13-8-9(2)3/h10-11,13H,2,6-8H2,1,3-5H3,(H,14,15). The second-order valence-corrected chi connectivity index (χ2v) is 4.26. The topological polar surface area (TPSA) is 41.1 Å². The summed E-state index contributed by atoms with van der Waals surface area (Å²) in [6.45, 7) is 12.4. The Morgan fingerprint density at radius 2 is 2.00 bits per heavy atom. The van der Waals surface area contributed by atoms with Crippen LogP contribution in [0.3, 0.4) is 0 Å². The van der Waals surface area contributed by atoms with Crippen LogP contribution >= 0.6 is 0 Å². The first-order chi connectivity index (χ1) is 6.97. The summed E-state index contributed by atoms with van der Waals surface area (Å²) in [6, 6.07) is 0.109. The molecule has 2 atom stereocenters. The molecule has 0 aliphatic rings. The van der Waals surface area contributed by atoms with Gasteiger partial charge < -0.3 is 10.6 Å². The lowest BCUT2D eigenvalue weighted by molar-refractivity contribution is -0.123. The summed E-state index contributed by atoms with van der Waals surface area (Å²) in [5.74, 6) is 0.0669. The molecule has 3 heteroatoms. The predicted molar refractivity (Wildman–Crippen MR) is 64.8 cm³/mol. The van der Waals surface area contributed by atoms with Gasteiger partial charge in [0, 0.05) is 12.6 Å². The minimum Gasteiger partial charge on any atom is -0.352 e. The minimum atomic E-state index is -0.152. The molecule has 0 saturated carbocycles. The van der Waals surface area contributed by atoms with Gasteiger partial charge in [0.15, 0.2) is 0 Å². The lowest BCUT2D eigenvalue weighted by Gasteiger charge is -2.18. The molecule has 0 aromatic carbocycles. The fourth-order valence-electron chi connectivity index (χ4n) is 1.29. The van der Waals surface area contributed by atoms with Gasteiger partial charge in [-0.1, -0.05) is 25.5 Å². The number of rotatable bonds is 7. The van der Waals surface area contributed by atoms with Gasteiger partial charge in [-0.2, -0.15) is 0 Å². The highest BCUT2D eigenvalue weighted by atomic mass is 16.2. The molecule has 2 unspecified atom stereocenters. The molecule has 2 N–H and O–H groups in total. The van der Waals surface area contributed by atoms with Crippen molar-refractivity contribution in [2.75, 3.05) is 6.54 Å². The van der Waals surface area contributed by atoms with Gasteiger partial charge in [-0.15, -0.1) is 0 Å². The maximum absolute atomic E-state index is 11.6. The molecule has 3 nitrogen and oxygen atoms in total. The van der Waals surface area contributed by atoms with Crippen LogP contribution in [0.15, 0.2) is 12.2 Å². The molecule has 15 heavy (non-hydrogen) atoms. The fraction of sp³-hybridized carbons (Fsp3) is 0.750. The molecule has 0 aromatic heterocycles. The van der Waals surface area contributed by atoms with Crippen molar-refractivity contribution in [3.63, 3.8) is 0 Å². The zero-order chi connectivity index (χ0) is 11.8. The van der Waals surface area contributed by atoms with Gasteiger partial charge in [-0.3, -0.25) is 4.79 Å². The summed E-state index contributed by atoms with van der Waals surface area (Å²) in [4.78, 5) is 11.6. The van der Waals surface area contributed by atoms with Crippen LogP contribution < -0.4 is 10.6 Å². The molecule has 0 aliphatic carbocycles. The van der Waals surface area contributed by atoms with Crippen molar-refractivity contribution in [2.45, 2.75) is 52.6 Å². The van der Waals surface area contributed by atoms with Crippen molar-refractivity contribution < 1.29 is 4.79 Å². The van der Waals surface area contributed by atoms with Gasteiger partial charge in [0.25, 0.3) is 0 Å². The Kier molecular flexibility index (Phi) is 7.05. The summed E-state index contributed by atoms with van der Waals surface area (Å²) in [5, 5.41) is 6.09. The lowest BCUT2D eigenvalue weighted by Crippen LogP contribution is -2.45. The molecular weight excluding hydrogens is 188 g/mol. The van der Waals surface area contributed by atoms with E-state index in [-0.39, 0.29) is 18.0 Å². The zero-order valence-electron chi connectivity index (χ0n) is 10.4. The van der Waals surface area contributed by atoms with Crippen molar-refractivity contribution >= 4 is 5.91 Å². The lowest BCUT2D eigenvalue weighted by atomic mass is 10.2. The highest BCUT2D eigenvalue weighted by Crippen LogP contribution is 1.96. The van der Waals surface area contributed by atoms with Crippen LogP contribution in [-0.2, 0) is 4.79 Å². The van der Waals surface area contributed by atoms with Crippen LogP contribution in [-0.4, -0.2) is 24.5 Å². The van der Waals surface area contributed by atoms with Crippen molar-refractivity contribution in [3.8, 4) is 0 Å². The predicted octanol–water partition coefficient (Wildman–Crippen LogP) is 1.85. The second-order valence-electron chi connectivity index (χ2n) is 4.26. The number of carbonyl (C=O) groups is 1. The Hall–Kier alpha value is -0.830. The first kappa shape index (κ1) is 14.2. The van der Waals surface area contributed by atoms with E-state index in [2.05, 4.69) is 24.1 Å². The summed E-state index contributed by atoms with van der Waals surface area (Å²) < 4.78 is 0. The van der Waals surface area contributed by atoms with Crippen LogP contribution in [0.1, 0.15) is 40.5 Å². The molecule has 0 spiro atoms. The van der Waals surface area contributed by atoms with E-state index in [1.165, 1.54) is 0 Å². The van der Waals surface area contributed by atoms with Gasteiger partial charge in [0.2, 0.25) is 5.91 Å². The maximum atomic E-state index is 11.6. The van der Waals surface area contributed by atoms with E-state index in [9.17, 15) is 4.79 Å². The quantitative estimate of drug-likeness (QED) is 0.632. The Morgan fingerprint density at radius 3 is 2.47 bits per heavy atom. The molecular formula is C12H24N2O. The molecule has 0 heterocycles. The third-order valence-electron chi connectivity index (χ3n) is 2.21. The van der Waals surface area contributed by atoms with E-state index in [0.717, 1.165) is 18.4 Å². The van der Waals surface area contributed by atoms with Crippen molar-refractivity contribution in [1.82, 2.24) is 10.6 Å². The monoisotopic (exact) mass is 212 g/mol. The Labute approximate surface area is 93.3 Å². The van der Waals surface area contributed by atoms with Crippen molar-refractivity contribution in [3.05, 3.63) is 12.2 Å². The largest absolute Gasteiger partial charge is 0.352 e. The average Bonchev–Trinajstić information content (AvgIpc) is 2.14. The number of hydrogen-bond donors (Lipinski definition) is 2. The first-order valence-corrected chi connectivity index (χ1v) is 5.65. The van der Waals surface area contributed by atoms with E-state index < -0.39 is 0 Å². The fourth-order valence-corrected chi connectivity index (χ4v) is 1.29. The Balaban J connectivity index is 3.82. The van der Waals surface area contributed by atoms with Crippen LogP contribution in [0, 0.1) is 0 Å². The van der Waals surface area contributed by atoms with E-state index in [0.29, 0.717) is 6.54 Å². The minimum absolute atomic E-state index is 0.0669. The Morgan fingerprint density at radius 1 is 1.40 bits per heavy atom. The van der Waals surface area contributed by atoms with E-state index in [1.54, 1.807) is 0 Å². The molecule has 88 valence electrons. The van der Waals surface area contributed by atoms with Crippen LogP contribution in [0.5, 0.6) is 0 Å². The van der Waals surface area contributed by atoms with Crippen LogP contribution in [0.4, 0.5) is 0 Å². The summed E-state index contributed by atoms with van der Waals surface area (Å²) in [7, 11) is 0. The molecule has 0 rings (SSSR count). The van der Waals surface area contributed by atoms with E-state index in [1.807, 2.05) is 20.8 Å². The summed E-state index contributed by atoms with van der Waals surface area (Å²) in [6.07, 6.45) is 2.12. The summed E-state index contributed by atoms with van der Waals surface area (Å²) in [5.41, 5.74) is 1.04. The van der Waals surface area contributed by atoms with Gasteiger partial charge in [0.05, 0.1) is 6.04 Å². The molecule has 0 aliphatic heterocycles. The number of nitrogens with one attached hydrogen (secondary N) is 2. The molecule has 0 radical (unpaired) electrons. The van der Waals surface area contributed by atoms with Crippen molar-refractivity contribution in [1.29, 1.82) is 0 Å². The maximum Gasteiger partial charge on any atom is 0.237 e. The van der Waals surface area contributed by atoms with Gasteiger partial charge in [0.1, 0.15) is 0 Å². The molecule has 0 aromatic rings. The highest BCUT2D eigenvalue weighted by Gasteiger charge is 2.13. The van der Waals surface area contributed by atoms with Gasteiger partial charge in [-0.25, -0.2) is 0 Å². The van der Waals surface area contributed by atoms with Crippen LogP contribution in [0.2, 0.25) is 0 Å². The van der Waals surface area contributed by atoms with Crippen molar-refractivity contribution in [2.24, 2.45) is 0 Å². The molecule has 1 amide bonds. The summed E-state index contributed by atoms with van der Waals surface area (Å²) >= 11 is 0. The smallest absolute Gasteiger partial charge is 0.237 e. The molecule has 0 bridgehead atoms. The van der Waals surface area contributed by atoms with E-state index >= 15 is 0 Å².